The second-order valence-corrected chi connectivity index (χ2v) is 8.36. The van der Waals surface area contributed by atoms with E-state index in [-0.39, 0.29) is 10.8 Å². The van der Waals surface area contributed by atoms with Gasteiger partial charge < -0.3 is 4.79 Å². The maximum Gasteiger partial charge on any atom is 0.126 e. The van der Waals surface area contributed by atoms with E-state index in [0.717, 1.165) is 6.42 Å². The lowest BCUT2D eigenvalue weighted by Gasteiger charge is -2.55. The van der Waals surface area contributed by atoms with Crippen LogP contribution in [-0.4, -0.2) is 6.29 Å². The van der Waals surface area contributed by atoms with Crippen molar-refractivity contribution >= 4 is 6.29 Å². The van der Waals surface area contributed by atoms with Gasteiger partial charge in [0.15, 0.2) is 0 Å². The van der Waals surface area contributed by atoms with Crippen molar-refractivity contribution in [2.75, 3.05) is 0 Å². The lowest BCUT2D eigenvalue weighted by molar-refractivity contribution is -0.124. The topological polar surface area (TPSA) is 17.1 Å². The number of hydrogen-bond acceptors (Lipinski definition) is 1. The SMILES string of the molecule is CC(C)C1=CC2=C(CC1)[C@@]1(C)CCC[C@](C)(C=O)[C@@H]1CC2. The van der Waals surface area contributed by atoms with Crippen LogP contribution in [-0.2, 0) is 4.79 Å². The molecule has 3 atom stereocenters. The fourth-order valence-corrected chi connectivity index (χ4v) is 5.51. The van der Waals surface area contributed by atoms with Gasteiger partial charge in [0.2, 0.25) is 0 Å². The van der Waals surface area contributed by atoms with Crippen LogP contribution in [0, 0.1) is 22.7 Å². The molecule has 1 heteroatoms. The minimum absolute atomic E-state index is 0.0897. The van der Waals surface area contributed by atoms with Gasteiger partial charge in [-0.1, -0.05) is 51.3 Å². The van der Waals surface area contributed by atoms with E-state index in [1.165, 1.54) is 44.8 Å². The summed E-state index contributed by atoms with van der Waals surface area (Å²) >= 11 is 0. The van der Waals surface area contributed by atoms with E-state index in [9.17, 15) is 4.79 Å². The first-order chi connectivity index (χ1) is 9.90. The van der Waals surface area contributed by atoms with Gasteiger partial charge in [0.05, 0.1) is 0 Å². The Morgan fingerprint density at radius 2 is 1.95 bits per heavy atom. The monoisotopic (exact) mass is 286 g/mol. The molecule has 1 nitrogen and oxygen atoms in total. The summed E-state index contributed by atoms with van der Waals surface area (Å²) in [6, 6.07) is 0. The highest BCUT2D eigenvalue weighted by atomic mass is 16.1. The fourth-order valence-electron chi connectivity index (χ4n) is 5.51. The molecule has 116 valence electrons. The van der Waals surface area contributed by atoms with E-state index in [4.69, 9.17) is 0 Å². The first-order valence-corrected chi connectivity index (χ1v) is 8.80. The van der Waals surface area contributed by atoms with Gasteiger partial charge in [-0.25, -0.2) is 0 Å². The summed E-state index contributed by atoms with van der Waals surface area (Å²) in [4.78, 5) is 11.8. The van der Waals surface area contributed by atoms with Gasteiger partial charge in [-0.2, -0.15) is 0 Å². The highest BCUT2D eigenvalue weighted by molar-refractivity contribution is 5.61. The Bertz CT molecular complexity index is 510. The highest BCUT2D eigenvalue weighted by Crippen LogP contribution is 2.60. The van der Waals surface area contributed by atoms with E-state index >= 15 is 0 Å². The van der Waals surface area contributed by atoms with E-state index < -0.39 is 0 Å². The molecule has 3 rings (SSSR count). The molecule has 0 amide bonds. The molecule has 0 unspecified atom stereocenters. The Balaban J connectivity index is 2.02. The Kier molecular flexibility index (Phi) is 3.66. The van der Waals surface area contributed by atoms with Crippen LogP contribution >= 0.6 is 0 Å². The maximum atomic E-state index is 11.8. The van der Waals surface area contributed by atoms with E-state index in [2.05, 4.69) is 33.8 Å². The van der Waals surface area contributed by atoms with Gasteiger partial charge in [0.1, 0.15) is 6.29 Å². The molecule has 3 aliphatic rings. The third-order valence-electron chi connectivity index (χ3n) is 6.79. The molecule has 0 saturated heterocycles. The first kappa shape index (κ1) is 15.1. The van der Waals surface area contributed by atoms with Crippen LogP contribution in [0.1, 0.15) is 72.6 Å². The van der Waals surface area contributed by atoms with Gasteiger partial charge >= 0.3 is 0 Å². The molecule has 21 heavy (non-hydrogen) atoms. The molecule has 0 radical (unpaired) electrons. The Labute approximate surface area is 129 Å². The van der Waals surface area contributed by atoms with E-state index in [1.807, 2.05) is 0 Å². The summed E-state index contributed by atoms with van der Waals surface area (Å²) in [5.74, 6) is 1.24. The summed E-state index contributed by atoms with van der Waals surface area (Å²) in [7, 11) is 0. The normalized spacial score (nSPS) is 39.7. The summed E-state index contributed by atoms with van der Waals surface area (Å²) in [5.41, 5.74) is 5.15. The van der Waals surface area contributed by atoms with Crippen molar-refractivity contribution in [3.05, 3.63) is 22.8 Å². The predicted octanol–water partition coefficient (Wildman–Crippen LogP) is 5.46. The van der Waals surface area contributed by atoms with Crippen LogP contribution in [0.3, 0.4) is 0 Å². The fraction of sp³-hybridized carbons (Fsp3) is 0.750. The van der Waals surface area contributed by atoms with Gasteiger partial charge in [0, 0.05) is 5.41 Å². The second kappa shape index (κ2) is 5.11. The predicted molar refractivity (Wildman–Crippen MR) is 88.0 cm³/mol. The lowest BCUT2D eigenvalue weighted by Crippen LogP contribution is -2.47. The van der Waals surface area contributed by atoms with Crippen LogP contribution in [0.2, 0.25) is 0 Å². The number of carbonyl (C=O) groups excluding carboxylic acids is 1. The van der Waals surface area contributed by atoms with Gasteiger partial charge in [-0.05, 0) is 61.3 Å². The van der Waals surface area contributed by atoms with Crippen LogP contribution in [0.4, 0.5) is 0 Å². The summed E-state index contributed by atoms with van der Waals surface area (Å²) in [6.07, 6.45) is 12.2. The molecular formula is C20H30O. The molecule has 0 aromatic carbocycles. The van der Waals surface area contributed by atoms with Crippen molar-refractivity contribution in [2.24, 2.45) is 22.7 Å². The van der Waals surface area contributed by atoms with Crippen molar-refractivity contribution in [2.45, 2.75) is 72.6 Å². The van der Waals surface area contributed by atoms with Crippen LogP contribution in [0.5, 0.6) is 0 Å². The molecule has 0 spiro atoms. The minimum Gasteiger partial charge on any atom is -0.303 e. The van der Waals surface area contributed by atoms with Crippen LogP contribution < -0.4 is 0 Å². The molecule has 0 heterocycles. The van der Waals surface area contributed by atoms with Crippen molar-refractivity contribution in [1.82, 2.24) is 0 Å². The zero-order valence-corrected chi connectivity index (χ0v) is 14.2. The molecule has 0 aromatic heterocycles. The molecule has 1 fully saturated rings. The Morgan fingerprint density at radius 3 is 2.62 bits per heavy atom. The number of carbonyl (C=O) groups is 1. The molecule has 0 aromatic rings. The van der Waals surface area contributed by atoms with Crippen molar-refractivity contribution < 1.29 is 4.79 Å². The Morgan fingerprint density at radius 1 is 1.19 bits per heavy atom. The largest absolute Gasteiger partial charge is 0.303 e. The Hall–Kier alpha value is -0.850. The van der Waals surface area contributed by atoms with E-state index in [1.54, 1.807) is 16.7 Å². The first-order valence-electron chi connectivity index (χ1n) is 8.80. The van der Waals surface area contributed by atoms with Crippen molar-refractivity contribution in [3.63, 3.8) is 0 Å². The van der Waals surface area contributed by atoms with Crippen LogP contribution in [0.15, 0.2) is 22.8 Å². The number of hydrogen-bond donors (Lipinski definition) is 0. The highest BCUT2D eigenvalue weighted by Gasteiger charge is 2.52. The average Bonchev–Trinajstić information content (AvgIpc) is 2.46. The zero-order chi connectivity index (χ0) is 15.3. The van der Waals surface area contributed by atoms with E-state index in [0.29, 0.717) is 11.8 Å². The maximum absolute atomic E-state index is 11.8. The number of aldehydes is 1. The smallest absolute Gasteiger partial charge is 0.126 e. The molecule has 0 bridgehead atoms. The molecule has 1 saturated carbocycles. The van der Waals surface area contributed by atoms with Crippen LogP contribution in [0.25, 0.3) is 0 Å². The summed E-state index contributed by atoms with van der Waals surface area (Å²) in [5, 5.41) is 0. The molecule has 0 N–H and O–H groups in total. The van der Waals surface area contributed by atoms with Gasteiger partial charge in [-0.3, -0.25) is 0 Å². The van der Waals surface area contributed by atoms with Gasteiger partial charge in [0.25, 0.3) is 0 Å². The number of fused-ring (bicyclic) bond motifs is 2. The summed E-state index contributed by atoms with van der Waals surface area (Å²) < 4.78 is 0. The minimum atomic E-state index is -0.0897. The number of rotatable bonds is 2. The quantitative estimate of drug-likeness (QED) is 0.616. The lowest BCUT2D eigenvalue weighted by atomic mass is 9.49. The third-order valence-corrected chi connectivity index (χ3v) is 6.79. The molecule has 3 aliphatic carbocycles. The molecular weight excluding hydrogens is 256 g/mol. The van der Waals surface area contributed by atoms with Crippen molar-refractivity contribution in [1.29, 1.82) is 0 Å². The van der Waals surface area contributed by atoms with Crippen molar-refractivity contribution in [3.8, 4) is 0 Å². The number of allylic oxidation sites excluding steroid dienone is 4. The van der Waals surface area contributed by atoms with Gasteiger partial charge in [-0.15, -0.1) is 0 Å². The second-order valence-electron chi connectivity index (χ2n) is 8.36. The average molecular weight is 286 g/mol. The summed E-state index contributed by atoms with van der Waals surface area (Å²) in [6.45, 7) is 9.30. The standard InChI is InChI=1S/C20H30O/c1-14(2)15-6-8-17-16(12-15)7-9-18-19(3,13-21)10-5-11-20(17,18)4/h12-14,18H,5-11H2,1-4H3/t18-,19+,20+/m0/s1. The third kappa shape index (κ3) is 2.24. The molecule has 0 aliphatic heterocycles. The zero-order valence-electron chi connectivity index (χ0n) is 14.2.